The summed E-state index contributed by atoms with van der Waals surface area (Å²) in [6, 6.07) is 2.67. The molecule has 0 unspecified atom stereocenters. The van der Waals surface area contributed by atoms with Gasteiger partial charge in [0.15, 0.2) is 5.96 Å². The van der Waals surface area contributed by atoms with Crippen molar-refractivity contribution in [2.75, 3.05) is 6.54 Å². The molecule has 19 N–H and O–H groups in total. The van der Waals surface area contributed by atoms with Crippen molar-refractivity contribution >= 4 is 82.9 Å². The zero-order valence-corrected chi connectivity index (χ0v) is 51.0. The van der Waals surface area contributed by atoms with Crippen LogP contribution in [0.2, 0.25) is 0 Å². The summed E-state index contributed by atoms with van der Waals surface area (Å²) in [5.74, 6) is -14.9. The Morgan fingerprint density at radius 2 is 0.989 bits per heavy atom. The number of nitrogens with one attached hydrogen (secondary N) is 11. The first kappa shape index (κ1) is 72.5. The normalized spacial score (nSPS) is 15.7. The monoisotopic (exact) mass is 1260 g/mol. The highest BCUT2D eigenvalue weighted by molar-refractivity contribution is 6.00. The molecule has 1 aliphatic rings. The van der Waals surface area contributed by atoms with Crippen LogP contribution < -0.4 is 70.4 Å². The van der Waals surface area contributed by atoms with Crippen LogP contribution >= 0.6 is 0 Å². The molecule has 11 amide bonds. The smallest absolute Gasteiger partial charge is 0.305 e. The van der Waals surface area contributed by atoms with Gasteiger partial charge in [-0.05, 0) is 54.6 Å². The van der Waals surface area contributed by atoms with Gasteiger partial charge in [-0.25, -0.2) is 4.98 Å². The van der Waals surface area contributed by atoms with E-state index in [-0.39, 0.29) is 75.5 Å². The minimum Gasteiger partial charge on any atom is -0.481 e. The highest BCUT2D eigenvalue weighted by atomic mass is 16.4. The van der Waals surface area contributed by atoms with Crippen LogP contribution in [0.5, 0.6) is 0 Å². The van der Waals surface area contributed by atoms with E-state index in [2.05, 4.69) is 68.1 Å². The SMILES string of the molecule is CC(C)C[C@H](NC(=O)[C@H](Cc1ccccc1)NC(=O)[C@@H](NC(=O)[C@H](Cc1cnc[nH]1)NC(=O)[C@H](CC(=O)O)NC(=O)[C@@H](NC(=O)[C@H](CC(=O)O)NC(=O)[C@@H]1CCC(=O)N1)C(C)C)C(C)C)C(=O)N[C@@H](CCCN=C(N)N)C(=O)N[C@@H](Cc1ccccc1)C(N)=O. The van der Waals surface area contributed by atoms with Crippen LogP contribution in [0.25, 0.3) is 0 Å². The van der Waals surface area contributed by atoms with Crippen molar-refractivity contribution < 1.29 is 72.5 Å². The zero-order chi connectivity index (χ0) is 66.8. The molecule has 3 aromatic rings. The fourth-order valence-electron chi connectivity index (χ4n) is 9.47. The van der Waals surface area contributed by atoms with Crippen LogP contribution in [0.15, 0.2) is 78.2 Å². The molecular weight excluding hydrogens is 1170 g/mol. The Morgan fingerprint density at radius 3 is 1.47 bits per heavy atom. The van der Waals surface area contributed by atoms with Gasteiger partial charge < -0.3 is 85.6 Å². The largest absolute Gasteiger partial charge is 0.481 e. The molecule has 90 heavy (non-hydrogen) atoms. The molecular formula is C59H84N16O15. The van der Waals surface area contributed by atoms with Crippen LogP contribution in [0.3, 0.4) is 0 Å². The van der Waals surface area contributed by atoms with E-state index in [1.165, 1.54) is 26.4 Å². The van der Waals surface area contributed by atoms with Crippen molar-refractivity contribution in [2.24, 2.45) is 39.9 Å². The summed E-state index contributed by atoms with van der Waals surface area (Å²) in [5.41, 5.74) is 18.3. The highest BCUT2D eigenvalue weighted by Crippen LogP contribution is 2.15. The van der Waals surface area contributed by atoms with Gasteiger partial charge in [0.25, 0.3) is 0 Å². The molecule has 0 bridgehead atoms. The molecule has 31 heteroatoms. The van der Waals surface area contributed by atoms with Gasteiger partial charge in [-0.3, -0.25) is 67.3 Å². The predicted octanol–water partition coefficient (Wildman–Crippen LogP) is -3.07. The highest BCUT2D eigenvalue weighted by Gasteiger charge is 2.39. The van der Waals surface area contributed by atoms with Crippen molar-refractivity contribution in [1.82, 2.24) is 63.1 Å². The standard InChI is InChI=1S/C59H84N16O15/c1-30(2)22-39(52(84)67-36(18-13-21-64-59(61)62)50(82)68-38(49(60)81)23-33-14-9-7-10-15-33)69-53(85)40(24-34-16-11-8-12-17-34)72-57(89)47(31(3)4)74-55(87)41(25-35-28-63-29-65-35)70-54(86)42(26-45(77)78)73-58(90)48(32(5)6)75-56(88)43(27-46(79)80)71-51(83)37-19-20-44(76)66-37/h7-12,14-17,28-32,36-43,47-48H,13,18-27H2,1-6H3,(H2,60,81)(H,63,65)(H,66,76)(H,67,84)(H,68,82)(H,69,85)(H,70,86)(H,71,83)(H,72,89)(H,73,90)(H,74,87)(H,75,88)(H,77,78)(H,79,80)(H4,61,62,64)/t36-,37-,38-,39-,40-,41-,42-,43-,47-,48-/m0/s1. The fourth-order valence-corrected chi connectivity index (χ4v) is 9.47. The van der Waals surface area contributed by atoms with Crippen LogP contribution in [0.1, 0.15) is 103 Å². The average Bonchev–Trinajstić information content (AvgIpc) is 2.08. The van der Waals surface area contributed by atoms with Gasteiger partial charge in [0.2, 0.25) is 65.0 Å². The second-order valence-corrected chi connectivity index (χ2v) is 22.9. The summed E-state index contributed by atoms with van der Waals surface area (Å²) >= 11 is 0. The number of primary amides is 1. The van der Waals surface area contributed by atoms with Crippen molar-refractivity contribution in [3.05, 3.63) is 90.0 Å². The number of nitrogens with two attached hydrogens (primary N) is 3. The first-order chi connectivity index (χ1) is 42.5. The Labute approximate surface area is 519 Å². The maximum absolute atomic E-state index is 14.6. The lowest BCUT2D eigenvalue weighted by molar-refractivity contribution is -0.142. The van der Waals surface area contributed by atoms with Crippen molar-refractivity contribution in [1.29, 1.82) is 0 Å². The number of guanidine groups is 1. The van der Waals surface area contributed by atoms with Crippen molar-refractivity contribution in [3.8, 4) is 0 Å². The van der Waals surface area contributed by atoms with Gasteiger partial charge in [-0.15, -0.1) is 0 Å². The maximum atomic E-state index is 14.6. The van der Waals surface area contributed by atoms with E-state index in [0.29, 0.717) is 11.1 Å². The van der Waals surface area contributed by atoms with Gasteiger partial charge in [-0.2, -0.15) is 0 Å². The topological polar surface area (TPSA) is 502 Å². The zero-order valence-electron chi connectivity index (χ0n) is 51.0. The lowest BCUT2D eigenvalue weighted by Crippen LogP contribution is -2.62. The fraction of sp³-hybridized carbons (Fsp3) is 0.508. The number of rotatable bonds is 37. The van der Waals surface area contributed by atoms with Crippen LogP contribution in [-0.4, -0.2) is 170 Å². The molecule has 31 nitrogen and oxygen atoms in total. The van der Waals surface area contributed by atoms with E-state index >= 15 is 0 Å². The number of aromatic nitrogens is 2. The van der Waals surface area contributed by atoms with Gasteiger partial charge in [0.05, 0.1) is 19.2 Å². The van der Waals surface area contributed by atoms with Gasteiger partial charge in [-0.1, -0.05) is 102 Å². The lowest BCUT2D eigenvalue weighted by atomic mass is 9.98. The van der Waals surface area contributed by atoms with E-state index in [1.807, 2.05) is 0 Å². The number of aliphatic carboxylic acids is 2. The number of aromatic amines is 1. The first-order valence-electron chi connectivity index (χ1n) is 29.4. The van der Waals surface area contributed by atoms with Gasteiger partial charge in [0, 0.05) is 44.1 Å². The Morgan fingerprint density at radius 1 is 0.556 bits per heavy atom. The van der Waals surface area contributed by atoms with Crippen LogP contribution in [0, 0.1) is 17.8 Å². The third-order valence-electron chi connectivity index (χ3n) is 14.2. The van der Waals surface area contributed by atoms with E-state index < -0.39 is 162 Å². The second-order valence-electron chi connectivity index (χ2n) is 22.9. The van der Waals surface area contributed by atoms with E-state index in [4.69, 9.17) is 17.2 Å². The lowest BCUT2D eigenvalue weighted by Gasteiger charge is -2.29. The molecule has 10 atom stereocenters. The number of nitrogens with zero attached hydrogens (tertiary/aromatic N) is 2. The molecule has 0 radical (unpaired) electrons. The number of H-pyrrole nitrogens is 1. The maximum Gasteiger partial charge on any atom is 0.305 e. The number of imidazole rings is 1. The number of carbonyl (C=O) groups is 13. The summed E-state index contributed by atoms with van der Waals surface area (Å²) < 4.78 is 0. The summed E-state index contributed by atoms with van der Waals surface area (Å²) in [6.07, 6.45) is 0.439. The number of amides is 11. The Bertz CT molecular complexity index is 3010. The third kappa shape index (κ3) is 24.7. The first-order valence-corrected chi connectivity index (χ1v) is 29.4. The van der Waals surface area contributed by atoms with E-state index in [1.54, 1.807) is 88.4 Å². The van der Waals surface area contributed by atoms with Gasteiger partial charge >= 0.3 is 11.9 Å². The minimum atomic E-state index is -1.94. The molecule has 1 aromatic heterocycles. The van der Waals surface area contributed by atoms with E-state index in [9.17, 15) is 72.5 Å². The molecule has 1 aliphatic heterocycles. The molecule has 1 fully saturated rings. The number of benzene rings is 2. The molecule has 0 spiro atoms. The Hall–Kier alpha value is -9.97. The Kier molecular flexibility index (Phi) is 28.8. The molecule has 2 aromatic carbocycles. The van der Waals surface area contributed by atoms with Crippen LogP contribution in [-0.2, 0) is 81.6 Å². The van der Waals surface area contributed by atoms with Gasteiger partial charge in [0.1, 0.15) is 60.4 Å². The number of hydrogen-bond donors (Lipinski definition) is 16. The van der Waals surface area contributed by atoms with Crippen LogP contribution in [0.4, 0.5) is 0 Å². The summed E-state index contributed by atoms with van der Waals surface area (Å²) in [7, 11) is 0. The molecule has 0 aliphatic carbocycles. The summed E-state index contributed by atoms with van der Waals surface area (Å²) in [5, 5.41) is 44.7. The molecule has 1 saturated heterocycles. The molecule has 490 valence electrons. The number of carboxylic acid groups (broad SMARTS) is 2. The van der Waals surface area contributed by atoms with Crippen molar-refractivity contribution in [3.63, 3.8) is 0 Å². The molecule has 2 heterocycles. The second kappa shape index (κ2) is 35.7. The number of hydrogen-bond acceptors (Lipinski definition) is 15. The number of carboxylic acids is 2. The molecule has 0 saturated carbocycles. The van der Waals surface area contributed by atoms with Crippen molar-refractivity contribution in [2.45, 2.75) is 166 Å². The molecule has 4 rings (SSSR count). The predicted molar refractivity (Wildman–Crippen MR) is 324 cm³/mol. The number of aliphatic imine (C=N–C) groups is 1. The summed E-state index contributed by atoms with van der Waals surface area (Å²) in [6.45, 7) is 9.75. The number of carbonyl (C=O) groups excluding carboxylic acids is 11. The third-order valence-corrected chi connectivity index (χ3v) is 14.2. The summed E-state index contributed by atoms with van der Waals surface area (Å²) in [4.78, 5) is 186. The Balaban J connectivity index is 1.58. The van der Waals surface area contributed by atoms with E-state index in [0.717, 1.165) is 0 Å². The average molecular weight is 1260 g/mol. The quantitative estimate of drug-likeness (QED) is 0.0155. The minimum absolute atomic E-state index is 0.0167.